The number of carbonyl (C=O) groups excluding carboxylic acids is 1. The fourth-order valence-electron chi connectivity index (χ4n) is 3.35. The normalized spacial score (nSPS) is 23.4. The number of hydrogen-bond acceptors (Lipinski definition) is 5. The van der Waals surface area contributed by atoms with Gasteiger partial charge in [0, 0.05) is 11.6 Å². The highest BCUT2D eigenvalue weighted by atomic mass is 32.2. The maximum Gasteiger partial charge on any atom is 0.277 e. The predicted molar refractivity (Wildman–Crippen MR) is 99.3 cm³/mol. The molecule has 1 aliphatic carbocycles. The molecule has 3 rings (SSSR count). The maximum atomic E-state index is 12.2. The largest absolute Gasteiger partial charge is 0.411 e. The van der Waals surface area contributed by atoms with Gasteiger partial charge in [-0.3, -0.25) is 4.79 Å². The average molecular weight is 359 g/mol. The fourth-order valence-corrected chi connectivity index (χ4v) is 3.93. The van der Waals surface area contributed by atoms with Gasteiger partial charge in [0.15, 0.2) is 0 Å². The molecule has 1 heterocycles. The van der Waals surface area contributed by atoms with Gasteiger partial charge in [-0.2, -0.15) is 0 Å². The number of rotatable bonds is 5. The highest BCUT2D eigenvalue weighted by molar-refractivity contribution is 7.99. The van der Waals surface area contributed by atoms with E-state index in [2.05, 4.69) is 29.4 Å². The Balaban J connectivity index is 1.54. The molecule has 1 aromatic heterocycles. The van der Waals surface area contributed by atoms with Crippen LogP contribution in [-0.2, 0) is 4.79 Å². The zero-order chi connectivity index (χ0) is 17.8. The molecular formula is C19H25N3O2S. The Morgan fingerprint density at radius 3 is 2.88 bits per heavy atom. The lowest BCUT2D eigenvalue weighted by Gasteiger charge is -2.34. The summed E-state index contributed by atoms with van der Waals surface area (Å²) in [5, 5.41) is 11.7. The Hall–Kier alpha value is -1.82. The summed E-state index contributed by atoms with van der Waals surface area (Å²) in [7, 11) is 0. The summed E-state index contributed by atoms with van der Waals surface area (Å²) in [6.45, 7) is 6.50. The topological polar surface area (TPSA) is 68.0 Å². The Labute approximate surface area is 153 Å². The van der Waals surface area contributed by atoms with E-state index in [9.17, 15) is 4.79 Å². The number of amides is 1. The summed E-state index contributed by atoms with van der Waals surface area (Å²) in [6, 6.07) is 8.16. The molecule has 6 heteroatoms. The third-order valence-electron chi connectivity index (χ3n) is 5.16. The minimum atomic E-state index is 0.0339. The zero-order valence-corrected chi connectivity index (χ0v) is 15.8. The van der Waals surface area contributed by atoms with Crippen LogP contribution in [-0.4, -0.2) is 27.9 Å². The molecule has 0 saturated heterocycles. The smallest absolute Gasteiger partial charge is 0.277 e. The zero-order valence-electron chi connectivity index (χ0n) is 15.0. The van der Waals surface area contributed by atoms with Gasteiger partial charge in [-0.05, 0) is 36.8 Å². The number of carbonyl (C=O) groups is 1. The van der Waals surface area contributed by atoms with Crippen LogP contribution in [0.3, 0.4) is 0 Å². The molecule has 1 amide bonds. The first-order valence-electron chi connectivity index (χ1n) is 8.86. The Bertz CT molecular complexity index is 731. The summed E-state index contributed by atoms with van der Waals surface area (Å²) in [5.41, 5.74) is 2.01. The van der Waals surface area contributed by atoms with Crippen LogP contribution >= 0.6 is 11.8 Å². The molecule has 1 N–H and O–H groups in total. The molecule has 3 unspecified atom stereocenters. The third kappa shape index (κ3) is 4.42. The summed E-state index contributed by atoms with van der Waals surface area (Å²) in [5.74, 6) is 2.02. The molecule has 134 valence electrons. The van der Waals surface area contributed by atoms with E-state index in [1.165, 1.54) is 24.6 Å². The summed E-state index contributed by atoms with van der Waals surface area (Å²) < 4.78 is 5.69. The van der Waals surface area contributed by atoms with Crippen molar-refractivity contribution in [3.8, 4) is 11.5 Å². The van der Waals surface area contributed by atoms with Gasteiger partial charge < -0.3 is 9.73 Å². The first-order chi connectivity index (χ1) is 12.0. The van der Waals surface area contributed by atoms with Crippen LogP contribution in [0.5, 0.6) is 0 Å². The second-order valence-electron chi connectivity index (χ2n) is 6.92. The second kappa shape index (κ2) is 8.04. The lowest BCUT2D eigenvalue weighted by Crippen LogP contribution is -2.44. The molecular weight excluding hydrogens is 334 g/mol. The number of thioether (sulfide) groups is 1. The van der Waals surface area contributed by atoms with Gasteiger partial charge in [-0.1, -0.05) is 56.7 Å². The third-order valence-corrected chi connectivity index (χ3v) is 5.98. The lowest BCUT2D eigenvalue weighted by molar-refractivity contribution is -0.120. The van der Waals surface area contributed by atoms with Crippen LogP contribution in [0.25, 0.3) is 11.5 Å². The molecule has 25 heavy (non-hydrogen) atoms. The summed E-state index contributed by atoms with van der Waals surface area (Å²) in [4.78, 5) is 12.2. The van der Waals surface area contributed by atoms with Gasteiger partial charge in [0.1, 0.15) is 0 Å². The van der Waals surface area contributed by atoms with E-state index in [4.69, 9.17) is 4.42 Å². The van der Waals surface area contributed by atoms with Crippen LogP contribution in [0.15, 0.2) is 33.9 Å². The van der Waals surface area contributed by atoms with Gasteiger partial charge in [-0.25, -0.2) is 0 Å². The van der Waals surface area contributed by atoms with Crippen molar-refractivity contribution in [2.24, 2.45) is 11.8 Å². The molecule has 3 atom stereocenters. The van der Waals surface area contributed by atoms with Crippen LogP contribution in [0.1, 0.15) is 38.7 Å². The lowest BCUT2D eigenvalue weighted by atomic mass is 9.78. The average Bonchev–Trinajstić information content (AvgIpc) is 3.06. The fraction of sp³-hybridized carbons (Fsp3) is 0.526. The second-order valence-corrected chi connectivity index (χ2v) is 7.84. The molecule has 1 aliphatic rings. The summed E-state index contributed by atoms with van der Waals surface area (Å²) >= 11 is 1.29. The van der Waals surface area contributed by atoms with Gasteiger partial charge >= 0.3 is 0 Å². The number of hydrogen-bond donors (Lipinski definition) is 1. The van der Waals surface area contributed by atoms with E-state index in [1.807, 2.05) is 31.2 Å². The van der Waals surface area contributed by atoms with E-state index >= 15 is 0 Å². The predicted octanol–water partition coefficient (Wildman–Crippen LogP) is 4.08. The SMILES string of the molecule is Cc1ccccc1-c1nnc(SCC(=O)NC2CCCC(C)C2C)o1. The number of aromatic nitrogens is 2. The molecule has 0 spiro atoms. The molecule has 5 nitrogen and oxygen atoms in total. The summed E-state index contributed by atoms with van der Waals surface area (Å²) in [6.07, 6.45) is 3.51. The monoisotopic (exact) mass is 359 g/mol. The number of nitrogens with one attached hydrogen (secondary N) is 1. The van der Waals surface area contributed by atoms with Crippen LogP contribution < -0.4 is 5.32 Å². The standard InChI is InChI=1S/C19H25N3O2S/c1-12-8-6-10-16(14(12)3)20-17(23)11-25-19-22-21-18(24-19)15-9-5-4-7-13(15)2/h4-5,7,9,12,14,16H,6,8,10-11H2,1-3H3,(H,20,23). The van der Waals surface area contributed by atoms with Crippen molar-refractivity contribution in [2.45, 2.75) is 51.3 Å². The molecule has 0 bridgehead atoms. The number of aryl methyl sites for hydroxylation is 1. The van der Waals surface area contributed by atoms with Crippen LogP contribution in [0.2, 0.25) is 0 Å². The quantitative estimate of drug-likeness (QED) is 0.815. The minimum absolute atomic E-state index is 0.0339. The van der Waals surface area contributed by atoms with Gasteiger partial charge in [0.05, 0.1) is 5.75 Å². The van der Waals surface area contributed by atoms with Crippen molar-refractivity contribution in [3.63, 3.8) is 0 Å². The Morgan fingerprint density at radius 2 is 2.08 bits per heavy atom. The number of benzene rings is 1. The van der Waals surface area contributed by atoms with Gasteiger partial charge in [-0.15, -0.1) is 10.2 Å². The molecule has 1 fully saturated rings. The Morgan fingerprint density at radius 1 is 1.28 bits per heavy atom. The molecule has 1 saturated carbocycles. The first kappa shape index (κ1) is 18.0. The van der Waals surface area contributed by atoms with Crippen LogP contribution in [0.4, 0.5) is 0 Å². The van der Waals surface area contributed by atoms with Crippen molar-refractivity contribution < 1.29 is 9.21 Å². The van der Waals surface area contributed by atoms with Gasteiger partial charge in [0.25, 0.3) is 5.22 Å². The van der Waals surface area contributed by atoms with Crippen molar-refractivity contribution in [1.29, 1.82) is 0 Å². The minimum Gasteiger partial charge on any atom is -0.411 e. The van der Waals surface area contributed by atoms with Crippen molar-refractivity contribution >= 4 is 17.7 Å². The maximum absolute atomic E-state index is 12.2. The molecule has 0 radical (unpaired) electrons. The van der Waals surface area contributed by atoms with E-state index in [0.29, 0.717) is 28.7 Å². The van der Waals surface area contributed by atoms with Crippen molar-refractivity contribution in [3.05, 3.63) is 29.8 Å². The van der Waals surface area contributed by atoms with E-state index in [0.717, 1.165) is 17.5 Å². The highest BCUT2D eigenvalue weighted by Gasteiger charge is 2.28. The van der Waals surface area contributed by atoms with Crippen LogP contribution in [0, 0.1) is 18.8 Å². The number of nitrogens with zero attached hydrogens (tertiary/aromatic N) is 2. The molecule has 0 aliphatic heterocycles. The van der Waals surface area contributed by atoms with E-state index in [-0.39, 0.29) is 11.9 Å². The molecule has 1 aromatic carbocycles. The molecule has 2 aromatic rings. The van der Waals surface area contributed by atoms with E-state index < -0.39 is 0 Å². The highest BCUT2D eigenvalue weighted by Crippen LogP contribution is 2.30. The van der Waals surface area contributed by atoms with Gasteiger partial charge in [0.2, 0.25) is 11.8 Å². The Kier molecular flexibility index (Phi) is 5.78. The van der Waals surface area contributed by atoms with Crippen molar-refractivity contribution in [2.75, 3.05) is 5.75 Å². The van der Waals surface area contributed by atoms with E-state index in [1.54, 1.807) is 0 Å². The first-order valence-corrected chi connectivity index (χ1v) is 9.85. The van der Waals surface area contributed by atoms with Crippen molar-refractivity contribution in [1.82, 2.24) is 15.5 Å².